The second-order valence-electron chi connectivity index (χ2n) is 9.33. The molecule has 8 nitrogen and oxygen atoms in total. The highest BCUT2D eigenvalue weighted by Crippen LogP contribution is 2.37. The summed E-state index contributed by atoms with van der Waals surface area (Å²) >= 11 is 0. The maximum atomic E-state index is 13.9. The van der Waals surface area contributed by atoms with Gasteiger partial charge in [0.05, 0.1) is 22.3 Å². The first-order valence-electron chi connectivity index (χ1n) is 12.1. The third kappa shape index (κ3) is 5.00. The number of benzene rings is 4. The summed E-state index contributed by atoms with van der Waals surface area (Å²) in [6.45, 7) is 0.249. The zero-order chi connectivity index (χ0) is 27.7. The van der Waals surface area contributed by atoms with Crippen LogP contribution in [0.5, 0.6) is 0 Å². The molecule has 0 radical (unpaired) electrons. The van der Waals surface area contributed by atoms with Gasteiger partial charge in [-0.2, -0.15) is 0 Å². The van der Waals surface area contributed by atoms with Crippen molar-refractivity contribution in [2.24, 2.45) is 0 Å². The van der Waals surface area contributed by atoms with Crippen LogP contribution in [-0.4, -0.2) is 44.0 Å². The van der Waals surface area contributed by atoms with Gasteiger partial charge < -0.3 is 20.2 Å². The van der Waals surface area contributed by atoms with Crippen LogP contribution >= 0.6 is 0 Å². The van der Waals surface area contributed by atoms with Crippen LogP contribution in [0, 0.1) is 0 Å². The Morgan fingerprint density at radius 2 is 1.10 bits per heavy atom. The van der Waals surface area contributed by atoms with Gasteiger partial charge in [-0.25, -0.2) is 14.4 Å². The highest BCUT2D eigenvalue weighted by molar-refractivity contribution is 6.10. The number of hydrogen-bond acceptors (Lipinski definition) is 4. The number of rotatable bonds is 8. The molecule has 0 aliphatic heterocycles. The Balaban J connectivity index is 1.56. The Labute approximate surface area is 223 Å². The molecule has 0 saturated carbocycles. The van der Waals surface area contributed by atoms with Crippen molar-refractivity contribution in [2.75, 3.05) is 0 Å². The fourth-order valence-electron chi connectivity index (χ4n) is 5.00. The Morgan fingerprint density at radius 1 is 0.564 bits per heavy atom. The average Bonchev–Trinajstić information content (AvgIpc) is 3.29. The lowest BCUT2D eigenvalue weighted by atomic mass is 9.96. The van der Waals surface area contributed by atoms with Crippen LogP contribution in [0.1, 0.15) is 63.7 Å². The first-order chi connectivity index (χ1) is 18.7. The van der Waals surface area contributed by atoms with Gasteiger partial charge in [0.2, 0.25) is 0 Å². The van der Waals surface area contributed by atoms with E-state index < -0.39 is 46.1 Å². The molecule has 0 unspecified atom stereocenters. The molecule has 5 rings (SSSR count). The number of amides is 1. The maximum absolute atomic E-state index is 13.9. The third-order valence-electron chi connectivity index (χ3n) is 6.81. The molecule has 4 aromatic carbocycles. The number of aromatic carboxylic acids is 3. The van der Waals surface area contributed by atoms with Crippen LogP contribution in [0.15, 0.2) is 84.9 Å². The summed E-state index contributed by atoms with van der Waals surface area (Å²) in [4.78, 5) is 50.8. The molecule has 1 aliphatic rings. The molecule has 0 saturated heterocycles. The first kappa shape index (κ1) is 25.4. The van der Waals surface area contributed by atoms with Crippen molar-refractivity contribution in [1.29, 1.82) is 0 Å². The summed E-state index contributed by atoms with van der Waals surface area (Å²) in [5.41, 5.74) is 3.90. The van der Waals surface area contributed by atoms with Crippen LogP contribution in [0.2, 0.25) is 0 Å². The Morgan fingerprint density at radius 3 is 1.77 bits per heavy atom. The largest absolute Gasteiger partial charge is 0.478 e. The van der Waals surface area contributed by atoms with E-state index in [2.05, 4.69) is 12.1 Å². The minimum atomic E-state index is -1.60. The van der Waals surface area contributed by atoms with E-state index in [1.165, 1.54) is 16.0 Å². The summed E-state index contributed by atoms with van der Waals surface area (Å²) in [6, 6.07) is 24.8. The Kier molecular flexibility index (Phi) is 6.68. The molecule has 3 N–H and O–H groups in total. The number of fused-ring (bicyclic) bond motifs is 3. The van der Waals surface area contributed by atoms with Gasteiger partial charge in [0, 0.05) is 13.1 Å². The number of hydrogen-bond donors (Lipinski definition) is 3. The molecular weight excluding hydrogens is 498 g/mol. The van der Waals surface area contributed by atoms with E-state index in [-0.39, 0.29) is 13.1 Å². The average molecular weight is 522 g/mol. The van der Waals surface area contributed by atoms with E-state index in [1.54, 1.807) is 0 Å². The van der Waals surface area contributed by atoms with Gasteiger partial charge in [0.1, 0.15) is 0 Å². The monoisotopic (exact) mass is 521 g/mol. The van der Waals surface area contributed by atoms with Crippen LogP contribution in [0.3, 0.4) is 0 Å². The summed E-state index contributed by atoms with van der Waals surface area (Å²) in [6.07, 6.45) is 0.758. The molecule has 4 aromatic rings. The molecule has 0 aromatic heterocycles. The van der Waals surface area contributed by atoms with E-state index >= 15 is 0 Å². The van der Waals surface area contributed by atoms with Crippen molar-refractivity contribution in [1.82, 2.24) is 4.90 Å². The van der Waals surface area contributed by atoms with Crippen LogP contribution in [-0.2, 0) is 19.5 Å². The second kappa shape index (κ2) is 10.3. The van der Waals surface area contributed by atoms with Crippen molar-refractivity contribution in [3.8, 4) is 11.1 Å². The summed E-state index contributed by atoms with van der Waals surface area (Å²) in [5, 5.41) is 28.8. The summed E-state index contributed by atoms with van der Waals surface area (Å²) < 4.78 is 0. The van der Waals surface area contributed by atoms with Crippen LogP contribution in [0.25, 0.3) is 11.1 Å². The molecular formula is C31H23NO7. The van der Waals surface area contributed by atoms with Gasteiger partial charge in [-0.05, 0) is 51.9 Å². The van der Waals surface area contributed by atoms with E-state index in [4.69, 9.17) is 0 Å². The summed E-state index contributed by atoms with van der Waals surface area (Å²) in [5.74, 6) is -5.44. The van der Waals surface area contributed by atoms with Crippen molar-refractivity contribution < 1.29 is 34.5 Å². The fraction of sp³-hybridized carbons (Fsp3) is 0.0968. The van der Waals surface area contributed by atoms with Gasteiger partial charge in [-0.3, -0.25) is 4.79 Å². The van der Waals surface area contributed by atoms with Gasteiger partial charge in [-0.15, -0.1) is 0 Å². The zero-order valence-corrected chi connectivity index (χ0v) is 20.6. The third-order valence-corrected chi connectivity index (χ3v) is 6.81. The van der Waals surface area contributed by atoms with Crippen molar-refractivity contribution >= 4 is 23.8 Å². The van der Waals surface area contributed by atoms with Crippen LogP contribution < -0.4 is 0 Å². The lowest BCUT2D eigenvalue weighted by molar-refractivity contribution is 0.0643. The molecule has 0 bridgehead atoms. The number of carboxylic acid groups (broad SMARTS) is 3. The molecule has 0 spiro atoms. The van der Waals surface area contributed by atoms with Gasteiger partial charge >= 0.3 is 17.9 Å². The quantitative estimate of drug-likeness (QED) is 0.256. The molecule has 1 aliphatic carbocycles. The number of carboxylic acids is 3. The first-order valence-corrected chi connectivity index (χ1v) is 12.1. The van der Waals surface area contributed by atoms with Crippen molar-refractivity contribution in [3.63, 3.8) is 0 Å². The van der Waals surface area contributed by atoms with E-state index in [1.807, 2.05) is 60.7 Å². The molecule has 1 amide bonds. The van der Waals surface area contributed by atoms with Crippen molar-refractivity contribution in [3.05, 3.63) is 129 Å². The zero-order valence-electron chi connectivity index (χ0n) is 20.6. The normalized spacial score (nSPS) is 11.4. The van der Waals surface area contributed by atoms with E-state index in [0.29, 0.717) is 0 Å². The predicted molar refractivity (Wildman–Crippen MR) is 142 cm³/mol. The molecule has 39 heavy (non-hydrogen) atoms. The van der Waals surface area contributed by atoms with Gasteiger partial charge in [0.25, 0.3) is 5.91 Å². The van der Waals surface area contributed by atoms with Crippen molar-refractivity contribution in [2.45, 2.75) is 19.5 Å². The molecule has 0 fully saturated rings. The van der Waals surface area contributed by atoms with Crippen LogP contribution in [0.4, 0.5) is 0 Å². The second-order valence-corrected chi connectivity index (χ2v) is 9.33. The lowest BCUT2D eigenvalue weighted by Crippen LogP contribution is -2.32. The number of carbonyl (C=O) groups is 4. The Hall–Kier alpha value is -5.24. The molecule has 0 heterocycles. The van der Waals surface area contributed by atoms with Gasteiger partial charge in [-0.1, -0.05) is 72.8 Å². The maximum Gasteiger partial charge on any atom is 0.336 e. The van der Waals surface area contributed by atoms with Gasteiger partial charge in [0.15, 0.2) is 0 Å². The molecule has 0 atom stereocenters. The van der Waals surface area contributed by atoms with E-state index in [9.17, 15) is 34.5 Å². The summed E-state index contributed by atoms with van der Waals surface area (Å²) in [7, 11) is 0. The highest BCUT2D eigenvalue weighted by atomic mass is 16.4. The van der Waals surface area contributed by atoms with E-state index in [0.717, 1.165) is 40.8 Å². The standard InChI is InChI=1S/C31H23NO7/c33-28(24-14-26(30(36)37)27(31(38)39)15-25(24)29(34)35)32(16-18-6-2-1-3-7-18)17-19-10-11-23-21(12-19)13-20-8-4-5-9-22(20)23/h1-12,14-15H,13,16-17H2,(H,34,35)(H,36,37)(H,38,39). The highest BCUT2D eigenvalue weighted by Gasteiger charge is 2.28. The lowest BCUT2D eigenvalue weighted by Gasteiger charge is -2.25. The molecule has 8 heteroatoms. The topological polar surface area (TPSA) is 132 Å². The molecule has 194 valence electrons. The fourth-order valence-corrected chi connectivity index (χ4v) is 5.00. The SMILES string of the molecule is O=C(O)c1cc(C(=O)O)c(C(=O)N(Cc2ccccc2)Cc2ccc3c(c2)Cc2ccccc2-3)cc1C(=O)O. The minimum absolute atomic E-state index is 0.124. The number of carbonyl (C=O) groups excluding carboxylic acids is 1. The smallest absolute Gasteiger partial charge is 0.336 e. The Bertz CT molecular complexity index is 1640. The predicted octanol–water partition coefficient (Wildman–Crippen LogP) is 5.20. The number of nitrogens with zero attached hydrogens (tertiary/aromatic N) is 1. The minimum Gasteiger partial charge on any atom is -0.478 e.